The van der Waals surface area contributed by atoms with Crippen molar-refractivity contribution in [1.29, 1.82) is 0 Å². The number of amides is 1. The Balaban J connectivity index is 1.66. The molecule has 2 aromatic rings. The molecule has 0 saturated carbocycles. The van der Waals surface area contributed by atoms with E-state index >= 15 is 0 Å². The van der Waals surface area contributed by atoms with Gasteiger partial charge in [0.1, 0.15) is 11.5 Å². The number of anilines is 2. The standard InChI is InChI=1S/C20H22N2O5S/c1-26-17-9-10-18(19(14-17)27-2)21-20(23)11-6-15-4-7-16(8-5-15)22-12-3-13-28(22,24)25/h4-11,14H,3,12-13H2,1-2H3,(H,21,23). The third-order valence-electron chi connectivity index (χ3n) is 4.37. The van der Waals surface area contributed by atoms with Crippen molar-refractivity contribution in [2.24, 2.45) is 0 Å². The summed E-state index contributed by atoms with van der Waals surface area (Å²) in [5.41, 5.74) is 1.96. The van der Waals surface area contributed by atoms with Gasteiger partial charge in [0.2, 0.25) is 15.9 Å². The molecule has 0 bridgehead atoms. The number of carbonyl (C=O) groups is 1. The van der Waals surface area contributed by atoms with Crippen LogP contribution in [0.15, 0.2) is 48.5 Å². The van der Waals surface area contributed by atoms with Crippen LogP contribution in [-0.2, 0) is 14.8 Å². The van der Waals surface area contributed by atoms with Gasteiger partial charge in [-0.3, -0.25) is 9.10 Å². The molecule has 3 rings (SSSR count). The van der Waals surface area contributed by atoms with Crippen molar-refractivity contribution < 1.29 is 22.7 Å². The second-order valence-electron chi connectivity index (χ2n) is 6.22. The van der Waals surface area contributed by atoms with E-state index in [1.165, 1.54) is 17.5 Å². The summed E-state index contributed by atoms with van der Waals surface area (Å²) in [7, 11) is -0.123. The Morgan fingerprint density at radius 2 is 1.86 bits per heavy atom. The maximum absolute atomic E-state index is 12.2. The Bertz CT molecular complexity index is 984. The Morgan fingerprint density at radius 3 is 2.46 bits per heavy atom. The molecule has 0 unspecified atom stereocenters. The summed E-state index contributed by atoms with van der Waals surface area (Å²) in [6.07, 6.45) is 3.71. The van der Waals surface area contributed by atoms with Crippen molar-refractivity contribution in [3.8, 4) is 11.5 Å². The molecule has 148 valence electrons. The van der Waals surface area contributed by atoms with Crippen LogP contribution in [0, 0.1) is 0 Å². The molecule has 8 heteroatoms. The molecule has 1 N–H and O–H groups in total. The fourth-order valence-corrected chi connectivity index (χ4v) is 4.49. The maximum atomic E-state index is 12.2. The number of methoxy groups -OCH3 is 2. The summed E-state index contributed by atoms with van der Waals surface area (Å²) in [5, 5.41) is 2.76. The molecule has 1 heterocycles. The van der Waals surface area contributed by atoms with E-state index in [1.54, 1.807) is 55.7 Å². The number of ether oxygens (including phenoxy) is 2. The topological polar surface area (TPSA) is 84.9 Å². The number of hydrogen-bond acceptors (Lipinski definition) is 5. The van der Waals surface area contributed by atoms with Crippen LogP contribution in [0.25, 0.3) is 6.08 Å². The molecule has 0 spiro atoms. The molecule has 1 saturated heterocycles. The van der Waals surface area contributed by atoms with Gasteiger partial charge in [0.15, 0.2) is 0 Å². The Morgan fingerprint density at radius 1 is 1.11 bits per heavy atom. The summed E-state index contributed by atoms with van der Waals surface area (Å²) >= 11 is 0. The average molecular weight is 402 g/mol. The number of carbonyl (C=O) groups excluding carboxylic acids is 1. The molecule has 1 aliphatic rings. The van der Waals surface area contributed by atoms with Crippen LogP contribution in [-0.4, -0.2) is 40.8 Å². The third kappa shape index (κ3) is 4.45. The van der Waals surface area contributed by atoms with E-state index in [4.69, 9.17) is 9.47 Å². The van der Waals surface area contributed by atoms with Gasteiger partial charge in [0.25, 0.3) is 0 Å². The first-order valence-electron chi connectivity index (χ1n) is 8.74. The highest BCUT2D eigenvalue weighted by molar-refractivity contribution is 7.93. The van der Waals surface area contributed by atoms with E-state index in [9.17, 15) is 13.2 Å². The second kappa shape index (κ2) is 8.35. The van der Waals surface area contributed by atoms with Crippen molar-refractivity contribution in [2.75, 3.05) is 36.1 Å². The molecule has 0 atom stereocenters. The van der Waals surface area contributed by atoms with E-state index in [-0.39, 0.29) is 11.7 Å². The summed E-state index contributed by atoms with van der Waals surface area (Å²) < 4.78 is 35.7. The van der Waals surface area contributed by atoms with Gasteiger partial charge >= 0.3 is 0 Å². The summed E-state index contributed by atoms with van der Waals surface area (Å²) in [6, 6.07) is 12.2. The van der Waals surface area contributed by atoms with Gasteiger partial charge in [-0.2, -0.15) is 0 Å². The van der Waals surface area contributed by atoms with Crippen LogP contribution in [0.2, 0.25) is 0 Å². The number of rotatable bonds is 6. The fourth-order valence-electron chi connectivity index (χ4n) is 2.93. The Kier molecular flexibility index (Phi) is 5.89. The van der Waals surface area contributed by atoms with Crippen LogP contribution >= 0.6 is 0 Å². The minimum atomic E-state index is -3.19. The van der Waals surface area contributed by atoms with Crippen molar-refractivity contribution in [2.45, 2.75) is 6.42 Å². The molecule has 1 amide bonds. The molecule has 2 aromatic carbocycles. The van der Waals surface area contributed by atoms with Crippen molar-refractivity contribution in [3.63, 3.8) is 0 Å². The van der Waals surface area contributed by atoms with E-state index in [1.807, 2.05) is 0 Å². The molecule has 1 fully saturated rings. The second-order valence-corrected chi connectivity index (χ2v) is 8.23. The predicted octanol–water partition coefficient (Wildman–Crippen LogP) is 2.90. The Labute approximate surface area is 164 Å². The quantitative estimate of drug-likeness (QED) is 0.751. The zero-order valence-corrected chi connectivity index (χ0v) is 16.5. The summed E-state index contributed by atoms with van der Waals surface area (Å²) in [4.78, 5) is 12.2. The van der Waals surface area contributed by atoms with E-state index in [0.29, 0.717) is 35.8 Å². The lowest BCUT2D eigenvalue weighted by atomic mass is 10.2. The SMILES string of the molecule is COc1ccc(NC(=O)C=Cc2ccc(N3CCCS3(=O)=O)cc2)c(OC)c1. The molecule has 1 aliphatic heterocycles. The van der Waals surface area contributed by atoms with Gasteiger partial charge in [-0.15, -0.1) is 0 Å². The van der Waals surface area contributed by atoms with Gasteiger partial charge in [-0.1, -0.05) is 12.1 Å². The number of benzene rings is 2. The fraction of sp³-hybridized carbons (Fsp3) is 0.250. The number of nitrogens with one attached hydrogen (secondary N) is 1. The van der Waals surface area contributed by atoms with Crippen molar-refractivity contribution in [1.82, 2.24) is 0 Å². The minimum Gasteiger partial charge on any atom is -0.497 e. The molecule has 0 radical (unpaired) electrons. The summed E-state index contributed by atoms with van der Waals surface area (Å²) in [5.74, 6) is 1.00. The van der Waals surface area contributed by atoms with Crippen LogP contribution in [0.3, 0.4) is 0 Å². The maximum Gasteiger partial charge on any atom is 0.248 e. The average Bonchev–Trinajstić information content (AvgIpc) is 3.06. The lowest BCUT2D eigenvalue weighted by Gasteiger charge is -2.16. The van der Waals surface area contributed by atoms with Crippen LogP contribution in [0.1, 0.15) is 12.0 Å². The van der Waals surface area contributed by atoms with Gasteiger partial charge in [-0.05, 0) is 42.3 Å². The lowest BCUT2D eigenvalue weighted by Crippen LogP contribution is -2.24. The lowest BCUT2D eigenvalue weighted by molar-refractivity contribution is -0.111. The van der Waals surface area contributed by atoms with E-state index in [0.717, 1.165) is 5.56 Å². The van der Waals surface area contributed by atoms with Crippen LogP contribution in [0.5, 0.6) is 11.5 Å². The molecular weight excluding hydrogens is 380 g/mol. The molecule has 7 nitrogen and oxygen atoms in total. The monoisotopic (exact) mass is 402 g/mol. The summed E-state index contributed by atoms with van der Waals surface area (Å²) in [6.45, 7) is 0.504. The highest BCUT2D eigenvalue weighted by Gasteiger charge is 2.28. The molecular formula is C20H22N2O5S. The normalized spacial score (nSPS) is 15.6. The van der Waals surface area contributed by atoms with Gasteiger partial charge in [-0.25, -0.2) is 8.42 Å². The van der Waals surface area contributed by atoms with E-state index in [2.05, 4.69) is 5.32 Å². The molecule has 28 heavy (non-hydrogen) atoms. The smallest absolute Gasteiger partial charge is 0.248 e. The Hall–Kier alpha value is -3.00. The van der Waals surface area contributed by atoms with Crippen LogP contribution in [0.4, 0.5) is 11.4 Å². The first-order chi connectivity index (χ1) is 13.4. The highest BCUT2D eigenvalue weighted by Crippen LogP contribution is 2.29. The first kappa shape index (κ1) is 19.8. The van der Waals surface area contributed by atoms with Gasteiger partial charge < -0.3 is 14.8 Å². The zero-order chi connectivity index (χ0) is 20.1. The minimum absolute atomic E-state index is 0.184. The van der Waals surface area contributed by atoms with Crippen molar-refractivity contribution in [3.05, 3.63) is 54.1 Å². The van der Waals surface area contributed by atoms with Crippen LogP contribution < -0.4 is 19.1 Å². The highest BCUT2D eigenvalue weighted by atomic mass is 32.2. The largest absolute Gasteiger partial charge is 0.497 e. The van der Waals surface area contributed by atoms with E-state index < -0.39 is 10.0 Å². The molecule has 0 aliphatic carbocycles. The number of hydrogen-bond donors (Lipinski definition) is 1. The number of sulfonamides is 1. The number of nitrogens with zero attached hydrogens (tertiary/aromatic N) is 1. The first-order valence-corrected chi connectivity index (χ1v) is 10.4. The van der Waals surface area contributed by atoms with Crippen molar-refractivity contribution >= 4 is 33.4 Å². The zero-order valence-electron chi connectivity index (χ0n) is 15.7. The third-order valence-corrected chi connectivity index (χ3v) is 6.24. The predicted molar refractivity (Wildman–Crippen MR) is 109 cm³/mol. The molecule has 0 aromatic heterocycles. The van der Waals surface area contributed by atoms with Gasteiger partial charge in [0.05, 0.1) is 31.3 Å². The van der Waals surface area contributed by atoms with Gasteiger partial charge in [0, 0.05) is 18.7 Å².